The van der Waals surface area contributed by atoms with Crippen molar-refractivity contribution in [3.63, 3.8) is 0 Å². The Labute approximate surface area is 375 Å². The number of morpholine rings is 1. The van der Waals surface area contributed by atoms with Crippen LogP contribution < -0.4 is 20.3 Å². The molecule has 2 heterocycles. The van der Waals surface area contributed by atoms with Crippen LogP contribution in [0.2, 0.25) is 0 Å². The van der Waals surface area contributed by atoms with E-state index in [0.717, 1.165) is 47.5 Å². The molecule has 2 saturated heterocycles. The van der Waals surface area contributed by atoms with Crippen LogP contribution in [0.15, 0.2) is 66.7 Å². The third-order valence-corrected chi connectivity index (χ3v) is 14.5. The highest BCUT2D eigenvalue weighted by Gasteiger charge is 2.57. The molecule has 0 radical (unpaired) electrons. The fraction of sp³-hybridized carbons (Fsp3) is 0.600. The molecule has 4 N–H and O–H groups in total. The predicted molar refractivity (Wildman–Crippen MR) is 246 cm³/mol. The second-order valence-corrected chi connectivity index (χ2v) is 19.6. The van der Waals surface area contributed by atoms with Gasteiger partial charge in [0.05, 0.1) is 32.5 Å². The molecular formula is C50H72N6O7. The molecule has 0 unspecified atom stereocenters. The van der Waals surface area contributed by atoms with Gasteiger partial charge in [0, 0.05) is 80.7 Å². The molecule has 3 aromatic rings. The van der Waals surface area contributed by atoms with Gasteiger partial charge in [0.15, 0.2) is 0 Å². The second kappa shape index (κ2) is 20.4. The average Bonchev–Trinajstić information content (AvgIpc) is 3.63. The van der Waals surface area contributed by atoms with Gasteiger partial charge in [0.25, 0.3) is 5.91 Å². The third kappa shape index (κ3) is 10.7. The first kappa shape index (κ1) is 46.9. The van der Waals surface area contributed by atoms with Crippen molar-refractivity contribution in [1.29, 1.82) is 0 Å². The summed E-state index contributed by atoms with van der Waals surface area (Å²) in [4.78, 5) is 41.7. The summed E-state index contributed by atoms with van der Waals surface area (Å²) in [6, 6.07) is 21.1. The van der Waals surface area contributed by atoms with E-state index in [1.54, 1.807) is 12.0 Å². The van der Waals surface area contributed by atoms with Crippen LogP contribution in [-0.2, 0) is 27.3 Å². The largest absolute Gasteiger partial charge is 0.491 e. The SMILES string of the molecule is C[C@@H]1[C@@H](NC(=O)[C@@H]2[C@H]([C@H](C)O)[C@H](CO)ON2Cc2cccc(-c3cc(C(=O)N[C@@H](Cc4ccccc4)CN(C)C)cc(N(C)C)c3)c2OCCN2CCOCC2)C[C@H]2C[C@H]1C2(C)C. The molecule has 3 saturated carbocycles. The van der Waals surface area contributed by atoms with Gasteiger partial charge in [0.1, 0.15) is 24.5 Å². The van der Waals surface area contributed by atoms with Crippen molar-refractivity contribution in [3.05, 3.63) is 83.4 Å². The van der Waals surface area contributed by atoms with Crippen molar-refractivity contribution < 1.29 is 34.1 Å². The number of carbonyl (C=O) groups is 2. The Kier molecular flexibility index (Phi) is 15.2. The molecule has 5 fully saturated rings. The number of benzene rings is 3. The summed E-state index contributed by atoms with van der Waals surface area (Å²) in [6.07, 6.45) is 1.12. The molecular weight excluding hydrogens is 797 g/mol. The van der Waals surface area contributed by atoms with E-state index in [4.69, 9.17) is 14.3 Å². The number of ether oxygens (including phenoxy) is 2. The van der Waals surface area contributed by atoms with Crippen molar-refractivity contribution in [2.24, 2.45) is 29.1 Å². The average molecular weight is 869 g/mol. The van der Waals surface area contributed by atoms with Gasteiger partial charge in [-0.05, 0) is 92.8 Å². The zero-order valence-corrected chi connectivity index (χ0v) is 38.8. The number of para-hydroxylation sites is 1. The lowest BCUT2D eigenvalue weighted by molar-refractivity contribution is -0.183. The number of likely N-dealkylation sites (N-methyl/N-ethyl adjacent to an activating group) is 1. The summed E-state index contributed by atoms with van der Waals surface area (Å²) < 4.78 is 12.4. The number of carbonyl (C=O) groups excluding carboxylic acids is 2. The smallest absolute Gasteiger partial charge is 0.251 e. The van der Waals surface area contributed by atoms with Crippen molar-refractivity contribution in [2.45, 2.75) is 83.8 Å². The number of aliphatic hydroxyl groups is 2. The first-order valence-electron chi connectivity index (χ1n) is 23.0. The molecule has 344 valence electrons. The maximum Gasteiger partial charge on any atom is 0.251 e. The van der Waals surface area contributed by atoms with Gasteiger partial charge in [-0.25, -0.2) is 0 Å². The summed E-state index contributed by atoms with van der Waals surface area (Å²) in [7, 11) is 7.95. The number of aliphatic hydroxyl groups excluding tert-OH is 2. The minimum atomic E-state index is -0.919. The molecule has 8 rings (SSSR count). The lowest BCUT2D eigenvalue weighted by Gasteiger charge is -2.62. The van der Waals surface area contributed by atoms with Gasteiger partial charge in [-0.1, -0.05) is 69.3 Å². The van der Waals surface area contributed by atoms with E-state index in [9.17, 15) is 19.8 Å². The van der Waals surface area contributed by atoms with Crippen molar-refractivity contribution in [1.82, 2.24) is 25.5 Å². The quantitative estimate of drug-likeness (QED) is 0.142. The Morgan fingerprint density at radius 1 is 1.00 bits per heavy atom. The minimum Gasteiger partial charge on any atom is -0.491 e. The number of anilines is 1. The summed E-state index contributed by atoms with van der Waals surface area (Å²) in [5.41, 5.74) is 5.19. The van der Waals surface area contributed by atoms with Crippen LogP contribution in [0, 0.1) is 29.1 Å². The number of fused-ring (bicyclic) bond motifs is 2. The standard InChI is InChI=1S/C50H72N6O7/c1-32-42-27-38(50(42,3)4)28-43(32)52-49(60)46-45(33(2)58)44(31-57)63-56(46)29-35-15-12-16-41(47(35)62-22-19-55-17-20-61-21-18-55)36-24-37(26-40(25-36)54(7)8)48(59)51-39(30-53(5)6)23-34-13-10-9-11-14-34/h9-16,24-26,32-33,38-39,42-46,57-58H,17-23,27-31H2,1-8H3,(H,51,59)(H,52,60)/t32-,33-,38+,39-,42+,43-,44-,45+,46-/m0/s1. The number of hydroxylamine groups is 2. The molecule has 13 heteroatoms. The molecule has 2 aliphatic heterocycles. The first-order valence-corrected chi connectivity index (χ1v) is 23.0. The van der Waals surface area contributed by atoms with E-state index >= 15 is 0 Å². The first-order chi connectivity index (χ1) is 30.1. The van der Waals surface area contributed by atoms with Crippen LogP contribution in [0.5, 0.6) is 5.75 Å². The van der Waals surface area contributed by atoms with Gasteiger partial charge < -0.3 is 40.1 Å². The lowest BCUT2D eigenvalue weighted by atomic mass is 9.45. The van der Waals surface area contributed by atoms with E-state index in [0.29, 0.717) is 68.4 Å². The Morgan fingerprint density at radius 2 is 1.75 bits per heavy atom. The fourth-order valence-corrected chi connectivity index (χ4v) is 10.8. The van der Waals surface area contributed by atoms with Crippen LogP contribution in [0.1, 0.15) is 62.0 Å². The number of rotatable bonds is 18. The molecule has 2 amide bonds. The highest BCUT2D eigenvalue weighted by molar-refractivity contribution is 5.97. The fourth-order valence-electron chi connectivity index (χ4n) is 10.8. The van der Waals surface area contributed by atoms with E-state index < -0.39 is 24.2 Å². The molecule has 63 heavy (non-hydrogen) atoms. The molecule has 0 spiro atoms. The van der Waals surface area contributed by atoms with Crippen LogP contribution in [0.3, 0.4) is 0 Å². The maximum atomic E-state index is 14.6. The third-order valence-electron chi connectivity index (χ3n) is 14.5. The van der Waals surface area contributed by atoms with Gasteiger partial charge in [0.2, 0.25) is 5.91 Å². The number of hydrogen-bond donors (Lipinski definition) is 4. The maximum absolute atomic E-state index is 14.6. The van der Waals surface area contributed by atoms with Gasteiger partial charge in [-0.2, -0.15) is 5.06 Å². The van der Waals surface area contributed by atoms with Crippen molar-refractivity contribution in [3.8, 4) is 16.9 Å². The summed E-state index contributed by atoms with van der Waals surface area (Å²) in [5.74, 6) is 1.01. The van der Waals surface area contributed by atoms with E-state index in [1.807, 2.05) is 81.6 Å². The molecule has 5 aliphatic rings. The van der Waals surface area contributed by atoms with Crippen LogP contribution in [0.4, 0.5) is 5.69 Å². The molecule has 13 nitrogen and oxygen atoms in total. The summed E-state index contributed by atoms with van der Waals surface area (Å²) >= 11 is 0. The Balaban J connectivity index is 1.21. The Morgan fingerprint density at radius 3 is 2.40 bits per heavy atom. The monoisotopic (exact) mass is 869 g/mol. The molecule has 0 aromatic heterocycles. The van der Waals surface area contributed by atoms with Crippen LogP contribution in [-0.4, -0.2) is 148 Å². The summed E-state index contributed by atoms with van der Waals surface area (Å²) in [5, 5.41) is 30.1. The van der Waals surface area contributed by atoms with Crippen LogP contribution >= 0.6 is 0 Å². The zero-order chi connectivity index (χ0) is 45.0. The minimum absolute atomic E-state index is 0.0215. The van der Waals surface area contributed by atoms with E-state index in [1.165, 1.54) is 6.42 Å². The highest BCUT2D eigenvalue weighted by Crippen LogP contribution is 2.61. The topological polar surface area (TPSA) is 139 Å². The van der Waals surface area contributed by atoms with Crippen molar-refractivity contribution >= 4 is 17.5 Å². The van der Waals surface area contributed by atoms with Crippen LogP contribution in [0.25, 0.3) is 11.1 Å². The number of amides is 2. The number of hydrogen-bond acceptors (Lipinski definition) is 11. The second-order valence-electron chi connectivity index (χ2n) is 19.6. The normalized spacial score (nSPS) is 26.7. The highest BCUT2D eigenvalue weighted by atomic mass is 16.7. The van der Waals surface area contributed by atoms with Gasteiger partial charge in [-0.3, -0.25) is 19.3 Å². The van der Waals surface area contributed by atoms with Gasteiger partial charge in [-0.15, -0.1) is 0 Å². The lowest BCUT2D eigenvalue weighted by Crippen LogP contribution is -2.62. The van der Waals surface area contributed by atoms with E-state index in [2.05, 4.69) is 59.4 Å². The summed E-state index contributed by atoms with van der Waals surface area (Å²) in [6.45, 7) is 13.2. The molecule has 9 atom stereocenters. The number of nitrogens with one attached hydrogen (secondary N) is 2. The van der Waals surface area contributed by atoms with Gasteiger partial charge >= 0.3 is 0 Å². The Bertz CT molecular complexity index is 2010. The zero-order valence-electron chi connectivity index (χ0n) is 38.8. The van der Waals surface area contributed by atoms with E-state index in [-0.39, 0.29) is 42.5 Å². The van der Waals surface area contributed by atoms with Crippen molar-refractivity contribution in [2.75, 3.05) is 85.7 Å². The Hall–Kier alpha value is -4.08. The number of nitrogens with zero attached hydrogens (tertiary/aromatic N) is 4. The molecule has 3 aliphatic carbocycles. The molecule has 2 bridgehead atoms. The molecule has 3 aromatic carbocycles. The predicted octanol–water partition coefficient (Wildman–Crippen LogP) is 4.69.